The average Bonchev–Trinajstić information content (AvgIpc) is 4.30. The number of fused-ring (bicyclic) bond motifs is 3. The smallest absolute Gasteiger partial charge is 0.406 e. The molecule has 0 aliphatic carbocycles. The molecule has 0 spiro atoms. The van der Waals surface area contributed by atoms with Crippen LogP contribution in [0.5, 0.6) is 23.0 Å². The van der Waals surface area contributed by atoms with Gasteiger partial charge in [-0.2, -0.15) is 0 Å². The molecule has 7 heterocycles. The molecule has 6 N–H and O–H groups in total. The van der Waals surface area contributed by atoms with E-state index in [2.05, 4.69) is 35.0 Å². The molecule has 2 fully saturated rings. The Kier molecular flexibility index (Phi) is 13.6. The zero-order valence-electron chi connectivity index (χ0n) is 40.2. The van der Waals surface area contributed by atoms with Crippen LogP contribution in [0.25, 0.3) is 22.3 Å². The van der Waals surface area contributed by atoms with Gasteiger partial charge in [-0.15, -0.1) is 0 Å². The topological polar surface area (TPSA) is 281 Å². The van der Waals surface area contributed by atoms with Crippen LogP contribution in [0, 0.1) is 0 Å². The summed E-state index contributed by atoms with van der Waals surface area (Å²) in [7, 11) is 0.169. The van der Waals surface area contributed by atoms with E-state index in [4.69, 9.17) is 58.4 Å². The molecule has 4 aromatic heterocycles. The van der Waals surface area contributed by atoms with Crippen LogP contribution in [0.3, 0.4) is 0 Å². The van der Waals surface area contributed by atoms with Gasteiger partial charge in [-0.05, 0) is 58.7 Å². The highest BCUT2D eigenvalue weighted by Crippen LogP contribution is 2.51. The Hall–Kier alpha value is -7.31. The number of nitrogen functional groups attached to an aromatic ring is 2. The number of ether oxygens (including phenoxy) is 8. The Morgan fingerprint density at radius 1 is 0.730 bits per heavy atom. The Balaban J connectivity index is 0.949. The average molecular weight is 1030 g/mol. The molecule has 3 aliphatic rings. The number of aliphatic hydroxyl groups excluding tert-OH is 1. The lowest BCUT2D eigenvalue weighted by Gasteiger charge is -2.37. The number of nitrogens with one attached hydrogen (secondary N) is 1. The van der Waals surface area contributed by atoms with E-state index in [-0.39, 0.29) is 38.0 Å². The van der Waals surface area contributed by atoms with Crippen LogP contribution in [0.1, 0.15) is 41.1 Å². The highest BCUT2D eigenvalue weighted by Gasteiger charge is 2.49. The number of anilines is 2. The van der Waals surface area contributed by atoms with Crippen molar-refractivity contribution in [1.82, 2.24) is 44.1 Å². The predicted octanol–water partition coefficient (Wildman–Crippen LogP) is 5.45. The van der Waals surface area contributed by atoms with Crippen LogP contribution in [0.2, 0.25) is 0 Å². The first kappa shape index (κ1) is 48.9. The molecule has 0 saturated carbocycles. The summed E-state index contributed by atoms with van der Waals surface area (Å²) in [5.41, 5.74) is 15.6. The maximum absolute atomic E-state index is 15.7. The molecule has 4 aromatic carbocycles. The molecule has 2 saturated heterocycles. The fourth-order valence-electron chi connectivity index (χ4n) is 9.59. The molecule has 24 heteroatoms. The molecule has 74 heavy (non-hydrogen) atoms. The van der Waals surface area contributed by atoms with E-state index < -0.39 is 62.9 Å². The lowest BCUT2D eigenvalue weighted by Crippen LogP contribution is -2.39. The van der Waals surface area contributed by atoms with Crippen molar-refractivity contribution in [2.45, 2.75) is 61.5 Å². The zero-order chi connectivity index (χ0) is 51.0. The Bertz CT molecular complexity index is 3250. The van der Waals surface area contributed by atoms with Crippen LogP contribution < -0.4 is 35.5 Å². The summed E-state index contributed by atoms with van der Waals surface area (Å²) in [6.07, 6.45) is -1.24. The highest BCUT2D eigenvalue weighted by molar-refractivity contribution is 7.51. The van der Waals surface area contributed by atoms with E-state index in [0.29, 0.717) is 50.9 Å². The van der Waals surface area contributed by atoms with Crippen molar-refractivity contribution in [3.05, 3.63) is 145 Å². The number of hydrogen-bond acceptors (Lipinski definition) is 20. The molecule has 3 aliphatic heterocycles. The van der Waals surface area contributed by atoms with Crippen LogP contribution in [-0.2, 0) is 44.7 Å². The fraction of sp³-hybridized carbons (Fsp3) is 0.320. The molecule has 8 aromatic rings. The van der Waals surface area contributed by atoms with Crippen molar-refractivity contribution < 1.29 is 56.6 Å². The number of aliphatic hydroxyl groups is 1. The minimum Gasteiger partial charge on any atom is -0.497 e. The number of nitrogens with zero attached hydrogens (tertiary/aromatic N) is 8. The van der Waals surface area contributed by atoms with Gasteiger partial charge in [0.2, 0.25) is 6.79 Å². The molecule has 0 radical (unpaired) electrons. The highest BCUT2D eigenvalue weighted by atomic mass is 31.2. The summed E-state index contributed by atoms with van der Waals surface area (Å²) in [5.74, 6) is 2.76. The van der Waals surface area contributed by atoms with Crippen molar-refractivity contribution >= 4 is 41.7 Å². The van der Waals surface area contributed by atoms with Crippen LogP contribution in [-0.4, -0.2) is 116 Å². The van der Waals surface area contributed by atoms with Gasteiger partial charge in [0.25, 0.3) is 0 Å². The summed E-state index contributed by atoms with van der Waals surface area (Å²) < 4.78 is 80.9. The molecule has 8 atom stereocenters. The number of hydrogen-bond donors (Lipinski definition) is 4. The molecule has 1 unspecified atom stereocenters. The van der Waals surface area contributed by atoms with Crippen LogP contribution in [0.15, 0.2) is 122 Å². The van der Waals surface area contributed by atoms with Crippen molar-refractivity contribution in [1.29, 1.82) is 0 Å². The third-order valence-corrected chi connectivity index (χ3v) is 14.9. The van der Waals surface area contributed by atoms with Gasteiger partial charge in [0.05, 0.1) is 40.1 Å². The van der Waals surface area contributed by atoms with E-state index >= 15 is 4.57 Å². The van der Waals surface area contributed by atoms with Crippen molar-refractivity contribution in [3.8, 4) is 23.0 Å². The molecule has 11 rings (SSSR count). The number of aromatic nitrogens is 8. The van der Waals surface area contributed by atoms with E-state index in [1.807, 2.05) is 78.9 Å². The second-order valence-electron chi connectivity index (χ2n) is 17.6. The predicted molar refractivity (Wildman–Crippen MR) is 265 cm³/mol. The Morgan fingerprint density at radius 3 is 2.00 bits per heavy atom. The molecule has 23 nitrogen and oxygen atoms in total. The minimum absolute atomic E-state index is 0.0138. The summed E-state index contributed by atoms with van der Waals surface area (Å²) in [4.78, 5) is 25.9. The van der Waals surface area contributed by atoms with E-state index in [1.165, 1.54) is 26.1 Å². The lowest BCUT2D eigenvalue weighted by atomic mass is 9.80. The van der Waals surface area contributed by atoms with Crippen molar-refractivity contribution in [3.63, 3.8) is 0 Å². The number of rotatable bonds is 19. The second kappa shape index (κ2) is 20.5. The molecule has 0 amide bonds. The Morgan fingerprint density at radius 2 is 1.35 bits per heavy atom. The van der Waals surface area contributed by atoms with Crippen LogP contribution in [0.4, 0.5) is 11.6 Å². The minimum atomic E-state index is -4.48. The standard InChI is InChI=1S/C50H52N11O12P/c1-64-33-14-10-31(11-15-33)50(30-7-5-4-6-8-30,32-12-16-34(65-2)17-13-32)69-22-38-37(20-40(71-38)60-26-57-41-45(51)53-24-55-47(41)60)73-74(63,59-21-29-9-18-35-36(19-29)68-28-67-35)70-23-39-43(62)44(66-3)49(72-39)61-27-58-42-46(52)54-25-56-48(42)61/h4-19,24-27,37-40,43-44,49,62H,20-23,28H2,1-3H3,(H,59,63)(H2,51,53,55)(H2,52,54,56)/t37-,38+,39+,40+,43+,44+,49+,74?/m0/s1. The summed E-state index contributed by atoms with van der Waals surface area (Å²) >= 11 is 0. The van der Waals surface area contributed by atoms with Gasteiger partial charge in [0, 0.05) is 20.1 Å². The largest absolute Gasteiger partial charge is 0.497 e. The van der Waals surface area contributed by atoms with Gasteiger partial charge >= 0.3 is 7.75 Å². The van der Waals surface area contributed by atoms with Gasteiger partial charge in [-0.25, -0.2) is 39.6 Å². The lowest BCUT2D eigenvalue weighted by molar-refractivity contribution is -0.0924. The summed E-state index contributed by atoms with van der Waals surface area (Å²) in [5, 5.41) is 14.8. The summed E-state index contributed by atoms with van der Waals surface area (Å²) in [6.45, 7) is -0.507. The number of imidazole rings is 2. The van der Waals surface area contributed by atoms with Gasteiger partial charge < -0.3 is 54.5 Å². The van der Waals surface area contributed by atoms with E-state index in [0.717, 1.165) is 16.7 Å². The van der Waals surface area contributed by atoms with Crippen molar-refractivity contribution in [2.75, 3.05) is 52.8 Å². The SMILES string of the molecule is COc1ccc(C(OC[C@H]2O[C@@H](n3cnc4c(N)ncnc43)C[C@@H]2OP(=O)(NCc2ccc3c(c2)OCO3)OC[C@H]2O[C@@H](n3cnc4c(N)ncnc43)[C@H](OC)[C@@H]2O)(c2ccccc2)c2ccc(OC)cc2)cc1. The second-order valence-corrected chi connectivity index (χ2v) is 19.3. The number of nitrogens with two attached hydrogens (primary N) is 2. The molecular weight excluding hydrogens is 978 g/mol. The van der Waals surface area contributed by atoms with Gasteiger partial charge in [-0.3, -0.25) is 18.2 Å². The first-order chi connectivity index (χ1) is 36.1. The summed E-state index contributed by atoms with van der Waals surface area (Å²) in [6, 6.07) is 30.4. The third-order valence-electron chi connectivity index (χ3n) is 13.4. The fourth-order valence-corrected chi connectivity index (χ4v) is 11.1. The quantitative estimate of drug-likeness (QED) is 0.0579. The van der Waals surface area contributed by atoms with E-state index in [1.54, 1.807) is 47.9 Å². The zero-order valence-corrected chi connectivity index (χ0v) is 41.1. The molecular formula is C50H52N11O12P. The first-order valence-electron chi connectivity index (χ1n) is 23.5. The molecule has 384 valence electrons. The monoisotopic (exact) mass is 1030 g/mol. The maximum Gasteiger partial charge on any atom is 0.406 e. The normalized spacial score (nSPS) is 22.4. The van der Waals surface area contributed by atoms with E-state index in [9.17, 15) is 5.11 Å². The third kappa shape index (κ3) is 9.22. The van der Waals surface area contributed by atoms with Gasteiger partial charge in [0.15, 0.2) is 40.7 Å². The van der Waals surface area contributed by atoms with Gasteiger partial charge in [-0.1, -0.05) is 60.7 Å². The first-order valence-corrected chi connectivity index (χ1v) is 25.0. The Labute approximate surface area is 423 Å². The molecule has 0 bridgehead atoms. The van der Waals surface area contributed by atoms with Gasteiger partial charge in [0.1, 0.15) is 77.5 Å². The number of benzene rings is 4. The van der Waals surface area contributed by atoms with Crippen molar-refractivity contribution in [2.24, 2.45) is 0 Å². The number of methoxy groups -OCH3 is 3. The maximum atomic E-state index is 15.7. The van der Waals surface area contributed by atoms with Crippen LogP contribution >= 0.6 is 7.75 Å².